The number of fused-ring (bicyclic) bond motifs is 1. The molecule has 0 saturated carbocycles. The Bertz CT molecular complexity index is 379. The lowest BCUT2D eigenvalue weighted by atomic mass is 10.1. The molecule has 0 unspecified atom stereocenters. The van der Waals surface area contributed by atoms with E-state index in [0.29, 0.717) is 18.8 Å². The van der Waals surface area contributed by atoms with Gasteiger partial charge in [-0.2, -0.15) is 0 Å². The van der Waals surface area contributed by atoms with Gasteiger partial charge in [0.25, 0.3) is 0 Å². The van der Waals surface area contributed by atoms with E-state index in [4.69, 9.17) is 4.74 Å². The lowest BCUT2D eigenvalue weighted by Crippen LogP contribution is -2.27. The highest BCUT2D eigenvalue weighted by Crippen LogP contribution is 2.14. The van der Waals surface area contributed by atoms with Crippen LogP contribution in [0.3, 0.4) is 0 Å². The van der Waals surface area contributed by atoms with E-state index in [-0.39, 0.29) is 5.97 Å². The molecular weight excluding hydrogens is 194 g/mol. The molecule has 5 heteroatoms. The number of esters is 1. The molecule has 0 aromatic carbocycles. The standard InChI is InChI=1S/C10H13N3O2/c1-2-15-10(14)9-7-5-11-4-3-8(7)12-6-13-9/h6,11H,2-5H2,1H3. The molecule has 80 valence electrons. The summed E-state index contributed by atoms with van der Waals surface area (Å²) in [4.78, 5) is 19.7. The lowest BCUT2D eigenvalue weighted by molar-refractivity contribution is 0.0517. The molecule has 0 amide bonds. The largest absolute Gasteiger partial charge is 0.461 e. The Balaban J connectivity index is 2.34. The monoisotopic (exact) mass is 207 g/mol. The molecule has 0 radical (unpaired) electrons. The topological polar surface area (TPSA) is 64.1 Å². The van der Waals surface area contributed by atoms with Gasteiger partial charge in [0.05, 0.1) is 12.3 Å². The number of rotatable bonds is 2. The summed E-state index contributed by atoms with van der Waals surface area (Å²) < 4.78 is 4.94. The molecule has 1 aliphatic heterocycles. The van der Waals surface area contributed by atoms with Crippen LogP contribution < -0.4 is 5.32 Å². The lowest BCUT2D eigenvalue weighted by Gasteiger charge is -2.17. The Labute approximate surface area is 87.9 Å². The second-order valence-corrected chi connectivity index (χ2v) is 3.29. The smallest absolute Gasteiger partial charge is 0.357 e. The third-order valence-corrected chi connectivity index (χ3v) is 2.34. The van der Waals surface area contributed by atoms with Crippen LogP contribution in [0.25, 0.3) is 0 Å². The fraction of sp³-hybridized carbons (Fsp3) is 0.500. The highest BCUT2D eigenvalue weighted by molar-refractivity contribution is 5.89. The SMILES string of the molecule is CCOC(=O)c1ncnc2c1CNCC2. The molecule has 1 N–H and O–H groups in total. The van der Waals surface area contributed by atoms with E-state index < -0.39 is 0 Å². The predicted octanol–water partition coefficient (Wildman–Crippen LogP) is 0.299. The van der Waals surface area contributed by atoms with Gasteiger partial charge in [-0.05, 0) is 6.92 Å². The molecule has 15 heavy (non-hydrogen) atoms. The van der Waals surface area contributed by atoms with Gasteiger partial charge in [0.2, 0.25) is 0 Å². The van der Waals surface area contributed by atoms with Crippen LogP contribution >= 0.6 is 0 Å². The number of carbonyl (C=O) groups is 1. The molecule has 0 spiro atoms. The second kappa shape index (κ2) is 4.35. The minimum absolute atomic E-state index is 0.361. The zero-order valence-electron chi connectivity index (χ0n) is 8.62. The van der Waals surface area contributed by atoms with E-state index >= 15 is 0 Å². The summed E-state index contributed by atoms with van der Waals surface area (Å²) in [5.41, 5.74) is 2.23. The number of nitrogens with zero attached hydrogens (tertiary/aromatic N) is 2. The van der Waals surface area contributed by atoms with E-state index in [2.05, 4.69) is 15.3 Å². The molecule has 1 aliphatic rings. The summed E-state index contributed by atoms with van der Waals surface area (Å²) in [6, 6.07) is 0. The number of hydrogen-bond donors (Lipinski definition) is 1. The number of hydrogen-bond acceptors (Lipinski definition) is 5. The van der Waals surface area contributed by atoms with E-state index in [0.717, 1.165) is 24.2 Å². The van der Waals surface area contributed by atoms with Crippen LogP contribution in [0.1, 0.15) is 28.7 Å². The summed E-state index contributed by atoms with van der Waals surface area (Å²) in [5.74, 6) is -0.361. The van der Waals surface area contributed by atoms with Crippen LogP contribution in [0.2, 0.25) is 0 Å². The summed E-state index contributed by atoms with van der Waals surface area (Å²) in [6.07, 6.45) is 2.26. The normalized spacial score (nSPS) is 14.5. The van der Waals surface area contributed by atoms with Crippen LogP contribution in [0.4, 0.5) is 0 Å². The molecule has 0 atom stereocenters. The molecule has 0 fully saturated rings. The highest BCUT2D eigenvalue weighted by Gasteiger charge is 2.20. The molecule has 1 aromatic heterocycles. The predicted molar refractivity (Wildman–Crippen MR) is 53.4 cm³/mol. The van der Waals surface area contributed by atoms with Gasteiger partial charge < -0.3 is 10.1 Å². The van der Waals surface area contributed by atoms with Crippen molar-refractivity contribution in [3.63, 3.8) is 0 Å². The van der Waals surface area contributed by atoms with Crippen LogP contribution in [-0.2, 0) is 17.7 Å². The summed E-state index contributed by atoms with van der Waals surface area (Å²) in [7, 11) is 0. The van der Waals surface area contributed by atoms with Crippen LogP contribution in [0, 0.1) is 0 Å². The van der Waals surface area contributed by atoms with Crippen molar-refractivity contribution in [2.24, 2.45) is 0 Å². The van der Waals surface area contributed by atoms with Crippen LogP contribution in [0.5, 0.6) is 0 Å². The molecule has 5 nitrogen and oxygen atoms in total. The van der Waals surface area contributed by atoms with Crippen molar-refractivity contribution in [1.29, 1.82) is 0 Å². The van der Waals surface area contributed by atoms with Crippen molar-refractivity contribution in [1.82, 2.24) is 15.3 Å². The minimum Gasteiger partial charge on any atom is -0.461 e. The number of ether oxygens (including phenoxy) is 1. The van der Waals surface area contributed by atoms with Gasteiger partial charge in [-0.15, -0.1) is 0 Å². The molecule has 0 bridgehead atoms. The maximum atomic E-state index is 11.6. The number of aromatic nitrogens is 2. The Morgan fingerprint density at radius 2 is 2.47 bits per heavy atom. The van der Waals surface area contributed by atoms with Crippen molar-refractivity contribution >= 4 is 5.97 Å². The second-order valence-electron chi connectivity index (χ2n) is 3.29. The van der Waals surface area contributed by atoms with Crippen LogP contribution in [-0.4, -0.2) is 29.1 Å². The van der Waals surface area contributed by atoms with Crippen molar-refractivity contribution in [3.05, 3.63) is 23.3 Å². The van der Waals surface area contributed by atoms with Crippen molar-refractivity contribution in [2.45, 2.75) is 19.9 Å². The molecule has 2 heterocycles. The third-order valence-electron chi connectivity index (χ3n) is 2.34. The Morgan fingerprint density at radius 3 is 3.27 bits per heavy atom. The Hall–Kier alpha value is -1.49. The summed E-state index contributed by atoms with van der Waals surface area (Å²) in [5, 5.41) is 3.19. The first kappa shape index (κ1) is 10.0. The molecule has 0 aliphatic carbocycles. The Kier molecular flexibility index (Phi) is 2.91. The van der Waals surface area contributed by atoms with Crippen molar-refractivity contribution < 1.29 is 9.53 Å². The average molecular weight is 207 g/mol. The Morgan fingerprint density at radius 1 is 1.60 bits per heavy atom. The molecule has 2 rings (SSSR count). The number of nitrogens with one attached hydrogen (secondary N) is 1. The fourth-order valence-electron chi connectivity index (χ4n) is 1.65. The molecule has 1 aromatic rings. The average Bonchev–Trinajstić information content (AvgIpc) is 2.28. The van der Waals surface area contributed by atoms with Gasteiger partial charge in [0.1, 0.15) is 6.33 Å². The van der Waals surface area contributed by atoms with Crippen molar-refractivity contribution in [2.75, 3.05) is 13.2 Å². The van der Waals surface area contributed by atoms with Gasteiger partial charge in [-0.1, -0.05) is 0 Å². The van der Waals surface area contributed by atoms with E-state index in [1.165, 1.54) is 6.33 Å². The summed E-state index contributed by atoms with van der Waals surface area (Å²) in [6.45, 7) is 3.69. The first-order valence-corrected chi connectivity index (χ1v) is 5.03. The zero-order valence-corrected chi connectivity index (χ0v) is 8.62. The van der Waals surface area contributed by atoms with Crippen molar-refractivity contribution in [3.8, 4) is 0 Å². The van der Waals surface area contributed by atoms with Gasteiger partial charge in [-0.3, -0.25) is 0 Å². The quantitative estimate of drug-likeness (QED) is 0.706. The third kappa shape index (κ3) is 1.97. The first-order valence-electron chi connectivity index (χ1n) is 5.03. The maximum absolute atomic E-state index is 11.6. The number of carbonyl (C=O) groups excluding carboxylic acids is 1. The van der Waals surface area contributed by atoms with E-state index in [1.54, 1.807) is 6.92 Å². The highest BCUT2D eigenvalue weighted by atomic mass is 16.5. The van der Waals surface area contributed by atoms with Gasteiger partial charge >= 0.3 is 5.97 Å². The first-order chi connectivity index (χ1) is 7.33. The molecular formula is C10H13N3O2. The fourth-order valence-corrected chi connectivity index (χ4v) is 1.65. The van der Waals surface area contributed by atoms with Gasteiger partial charge in [0.15, 0.2) is 5.69 Å². The maximum Gasteiger partial charge on any atom is 0.357 e. The zero-order chi connectivity index (χ0) is 10.7. The van der Waals surface area contributed by atoms with Crippen LogP contribution in [0.15, 0.2) is 6.33 Å². The summed E-state index contributed by atoms with van der Waals surface area (Å²) >= 11 is 0. The van der Waals surface area contributed by atoms with E-state index in [9.17, 15) is 4.79 Å². The van der Waals surface area contributed by atoms with Gasteiger partial charge in [0, 0.05) is 25.1 Å². The van der Waals surface area contributed by atoms with Gasteiger partial charge in [-0.25, -0.2) is 14.8 Å². The minimum atomic E-state index is -0.361. The molecule has 0 saturated heterocycles. The van der Waals surface area contributed by atoms with E-state index in [1.807, 2.05) is 0 Å².